The van der Waals surface area contributed by atoms with E-state index in [1.165, 1.54) is 0 Å². The van der Waals surface area contributed by atoms with Crippen LogP contribution in [0.4, 0.5) is 5.82 Å². The molecule has 0 radical (unpaired) electrons. The standard InChI is InChI=1S/C9H13N3/c1-7(2)6-12-9-8(3)10-4-5-11-9/h4-5H,1,6H2,2-3H3,(H,11,12). The van der Waals surface area contributed by atoms with Crippen LogP contribution in [0, 0.1) is 6.92 Å². The second-order valence-electron chi connectivity index (χ2n) is 2.80. The normalized spacial score (nSPS) is 9.50. The van der Waals surface area contributed by atoms with Gasteiger partial charge in [0.25, 0.3) is 0 Å². The van der Waals surface area contributed by atoms with Gasteiger partial charge in [-0.3, -0.25) is 4.98 Å². The van der Waals surface area contributed by atoms with Gasteiger partial charge >= 0.3 is 0 Å². The molecule has 1 rings (SSSR count). The van der Waals surface area contributed by atoms with Crippen LogP contribution in [0.1, 0.15) is 12.6 Å². The van der Waals surface area contributed by atoms with E-state index < -0.39 is 0 Å². The zero-order valence-corrected chi connectivity index (χ0v) is 7.46. The summed E-state index contributed by atoms with van der Waals surface area (Å²) in [5.41, 5.74) is 2.00. The SMILES string of the molecule is C=C(C)CNc1nccnc1C. The third-order valence-electron chi connectivity index (χ3n) is 1.44. The molecule has 0 bridgehead atoms. The molecule has 0 aliphatic heterocycles. The summed E-state index contributed by atoms with van der Waals surface area (Å²) in [5.74, 6) is 0.834. The molecule has 0 aliphatic rings. The van der Waals surface area contributed by atoms with Crippen molar-refractivity contribution in [1.29, 1.82) is 0 Å². The van der Waals surface area contributed by atoms with Crippen LogP contribution in [-0.2, 0) is 0 Å². The molecular formula is C9H13N3. The third kappa shape index (κ3) is 2.34. The molecule has 0 unspecified atom stereocenters. The molecule has 0 aliphatic carbocycles. The van der Waals surface area contributed by atoms with Gasteiger partial charge in [0.05, 0.1) is 5.69 Å². The highest BCUT2D eigenvalue weighted by atomic mass is 15.0. The molecule has 3 heteroatoms. The van der Waals surface area contributed by atoms with Crippen molar-refractivity contribution in [1.82, 2.24) is 9.97 Å². The van der Waals surface area contributed by atoms with E-state index in [1.54, 1.807) is 12.4 Å². The molecule has 12 heavy (non-hydrogen) atoms. The van der Waals surface area contributed by atoms with E-state index >= 15 is 0 Å². The van der Waals surface area contributed by atoms with Gasteiger partial charge in [0.2, 0.25) is 0 Å². The lowest BCUT2D eigenvalue weighted by atomic mass is 10.3. The van der Waals surface area contributed by atoms with E-state index in [2.05, 4.69) is 21.9 Å². The number of hydrogen-bond acceptors (Lipinski definition) is 3. The average molecular weight is 163 g/mol. The van der Waals surface area contributed by atoms with E-state index in [0.717, 1.165) is 23.6 Å². The lowest BCUT2D eigenvalue weighted by molar-refractivity contribution is 1.08. The van der Waals surface area contributed by atoms with Gasteiger partial charge in [0.1, 0.15) is 5.82 Å². The van der Waals surface area contributed by atoms with Gasteiger partial charge in [-0.15, -0.1) is 0 Å². The van der Waals surface area contributed by atoms with Gasteiger partial charge in [-0.2, -0.15) is 0 Å². The number of rotatable bonds is 3. The molecule has 0 amide bonds. The number of aryl methyl sites for hydroxylation is 1. The van der Waals surface area contributed by atoms with E-state index in [1.807, 2.05) is 13.8 Å². The van der Waals surface area contributed by atoms with Crippen LogP contribution in [0.2, 0.25) is 0 Å². The summed E-state index contributed by atoms with van der Waals surface area (Å²) in [6, 6.07) is 0. The van der Waals surface area contributed by atoms with E-state index in [9.17, 15) is 0 Å². The Morgan fingerprint density at radius 1 is 1.50 bits per heavy atom. The zero-order valence-electron chi connectivity index (χ0n) is 7.46. The molecule has 1 aromatic heterocycles. The maximum Gasteiger partial charge on any atom is 0.147 e. The summed E-state index contributed by atoms with van der Waals surface area (Å²) in [7, 11) is 0. The Labute approximate surface area is 72.6 Å². The number of aromatic nitrogens is 2. The van der Waals surface area contributed by atoms with Crippen LogP contribution in [0.3, 0.4) is 0 Å². The molecule has 1 N–H and O–H groups in total. The lowest BCUT2D eigenvalue weighted by Crippen LogP contribution is -2.05. The van der Waals surface area contributed by atoms with Crippen molar-refractivity contribution in [3.8, 4) is 0 Å². The van der Waals surface area contributed by atoms with Crippen LogP contribution >= 0.6 is 0 Å². The summed E-state index contributed by atoms with van der Waals surface area (Å²) in [5, 5.41) is 3.14. The molecule has 1 aromatic rings. The van der Waals surface area contributed by atoms with Crippen molar-refractivity contribution in [3.63, 3.8) is 0 Å². The molecular weight excluding hydrogens is 150 g/mol. The minimum atomic E-state index is 0.750. The molecule has 1 heterocycles. The molecule has 3 nitrogen and oxygen atoms in total. The molecule has 0 atom stereocenters. The highest BCUT2D eigenvalue weighted by Gasteiger charge is 1.96. The quantitative estimate of drug-likeness (QED) is 0.690. The van der Waals surface area contributed by atoms with Gasteiger partial charge in [0, 0.05) is 18.9 Å². The van der Waals surface area contributed by atoms with Gasteiger partial charge in [-0.05, 0) is 13.8 Å². The van der Waals surface area contributed by atoms with Crippen LogP contribution in [0.15, 0.2) is 24.5 Å². The van der Waals surface area contributed by atoms with E-state index in [-0.39, 0.29) is 0 Å². The van der Waals surface area contributed by atoms with Crippen LogP contribution in [-0.4, -0.2) is 16.5 Å². The van der Waals surface area contributed by atoms with Crippen molar-refractivity contribution in [2.75, 3.05) is 11.9 Å². The summed E-state index contributed by atoms with van der Waals surface area (Å²) in [6.45, 7) is 8.43. The maximum absolute atomic E-state index is 4.14. The highest BCUT2D eigenvalue weighted by Crippen LogP contribution is 2.05. The maximum atomic E-state index is 4.14. The monoisotopic (exact) mass is 163 g/mol. The molecule has 0 spiro atoms. The van der Waals surface area contributed by atoms with Crippen molar-refractivity contribution in [3.05, 3.63) is 30.2 Å². The fourth-order valence-electron chi connectivity index (χ4n) is 0.816. The first-order valence-electron chi connectivity index (χ1n) is 3.86. The molecule has 0 aromatic carbocycles. The first-order valence-corrected chi connectivity index (χ1v) is 3.86. The lowest BCUT2D eigenvalue weighted by Gasteiger charge is -2.05. The number of nitrogens with one attached hydrogen (secondary N) is 1. The van der Waals surface area contributed by atoms with Crippen LogP contribution in [0.25, 0.3) is 0 Å². The fraction of sp³-hybridized carbons (Fsp3) is 0.333. The molecule has 0 fully saturated rings. The fourth-order valence-corrected chi connectivity index (χ4v) is 0.816. The Kier molecular flexibility index (Phi) is 2.80. The molecule has 64 valence electrons. The minimum Gasteiger partial charge on any atom is -0.365 e. The second-order valence-corrected chi connectivity index (χ2v) is 2.80. The summed E-state index contributed by atoms with van der Waals surface area (Å²) in [4.78, 5) is 8.24. The van der Waals surface area contributed by atoms with Crippen molar-refractivity contribution >= 4 is 5.82 Å². The van der Waals surface area contributed by atoms with Gasteiger partial charge in [0.15, 0.2) is 0 Å². The predicted molar refractivity (Wildman–Crippen MR) is 50.1 cm³/mol. The second kappa shape index (κ2) is 3.85. The number of anilines is 1. The third-order valence-corrected chi connectivity index (χ3v) is 1.44. The van der Waals surface area contributed by atoms with Gasteiger partial charge < -0.3 is 5.32 Å². The van der Waals surface area contributed by atoms with Crippen LogP contribution in [0.5, 0.6) is 0 Å². The summed E-state index contributed by atoms with van der Waals surface area (Å²) >= 11 is 0. The Morgan fingerprint density at radius 2 is 2.17 bits per heavy atom. The van der Waals surface area contributed by atoms with E-state index in [4.69, 9.17) is 0 Å². The zero-order chi connectivity index (χ0) is 8.97. The highest BCUT2D eigenvalue weighted by molar-refractivity contribution is 5.39. The summed E-state index contributed by atoms with van der Waals surface area (Å²) < 4.78 is 0. The average Bonchev–Trinajstić information content (AvgIpc) is 2.03. The Balaban J connectivity index is 2.63. The first-order chi connectivity index (χ1) is 5.70. The topological polar surface area (TPSA) is 37.8 Å². The predicted octanol–water partition coefficient (Wildman–Crippen LogP) is 1.77. The van der Waals surface area contributed by atoms with Crippen molar-refractivity contribution in [2.45, 2.75) is 13.8 Å². The Morgan fingerprint density at radius 3 is 2.75 bits per heavy atom. The van der Waals surface area contributed by atoms with Gasteiger partial charge in [-0.25, -0.2) is 4.98 Å². The van der Waals surface area contributed by atoms with Gasteiger partial charge in [-0.1, -0.05) is 12.2 Å². The largest absolute Gasteiger partial charge is 0.365 e. The number of nitrogens with zero attached hydrogens (tertiary/aromatic N) is 2. The molecule has 0 saturated heterocycles. The Bertz CT molecular complexity index is 281. The number of hydrogen-bond donors (Lipinski definition) is 1. The Hall–Kier alpha value is -1.38. The van der Waals surface area contributed by atoms with Crippen LogP contribution < -0.4 is 5.32 Å². The summed E-state index contributed by atoms with van der Waals surface area (Å²) in [6.07, 6.45) is 3.36. The molecule has 0 saturated carbocycles. The van der Waals surface area contributed by atoms with Crippen molar-refractivity contribution < 1.29 is 0 Å². The van der Waals surface area contributed by atoms with E-state index in [0.29, 0.717) is 0 Å². The van der Waals surface area contributed by atoms with Crippen molar-refractivity contribution in [2.24, 2.45) is 0 Å². The first kappa shape index (κ1) is 8.71. The minimum absolute atomic E-state index is 0.750. The smallest absolute Gasteiger partial charge is 0.147 e.